The Morgan fingerprint density at radius 3 is 2.70 bits per heavy atom. The standard InChI is InChI=1S/C23H19BrN4O2/c24-20-5-2-6-21(12-20)30-22-8-7-19(14-26-22)23(29)27-13-17-3-1-4-18(11-17)15-28-10-9-25-16-28/h1-12,14,16H,13,15H2,(H,27,29). The zero-order valence-electron chi connectivity index (χ0n) is 16.0. The van der Waals surface area contributed by atoms with Crippen LogP contribution in [0, 0.1) is 0 Å². The summed E-state index contributed by atoms with van der Waals surface area (Å²) >= 11 is 3.40. The van der Waals surface area contributed by atoms with E-state index in [1.165, 1.54) is 6.20 Å². The van der Waals surface area contributed by atoms with Crippen molar-refractivity contribution < 1.29 is 9.53 Å². The topological polar surface area (TPSA) is 69.0 Å². The van der Waals surface area contributed by atoms with Gasteiger partial charge in [-0.05, 0) is 35.4 Å². The van der Waals surface area contributed by atoms with Crippen molar-refractivity contribution in [1.29, 1.82) is 0 Å². The van der Waals surface area contributed by atoms with Crippen LogP contribution in [0.5, 0.6) is 11.6 Å². The van der Waals surface area contributed by atoms with Gasteiger partial charge >= 0.3 is 0 Å². The number of ether oxygens (including phenoxy) is 1. The highest BCUT2D eigenvalue weighted by Gasteiger charge is 2.08. The summed E-state index contributed by atoms with van der Waals surface area (Å²) in [6.45, 7) is 1.18. The Morgan fingerprint density at radius 2 is 1.93 bits per heavy atom. The molecule has 2 aromatic heterocycles. The summed E-state index contributed by atoms with van der Waals surface area (Å²) in [5, 5.41) is 2.93. The molecule has 4 aromatic rings. The third-order valence-electron chi connectivity index (χ3n) is 4.39. The van der Waals surface area contributed by atoms with Crippen molar-refractivity contribution in [3.8, 4) is 11.6 Å². The summed E-state index contributed by atoms with van der Waals surface area (Å²) in [6, 6.07) is 19.0. The number of carbonyl (C=O) groups is 1. The molecule has 0 aliphatic carbocycles. The minimum absolute atomic E-state index is 0.184. The third-order valence-corrected chi connectivity index (χ3v) is 4.88. The van der Waals surface area contributed by atoms with E-state index >= 15 is 0 Å². The number of amides is 1. The Bertz CT molecular complexity index is 1130. The van der Waals surface area contributed by atoms with E-state index in [1.54, 1.807) is 24.7 Å². The molecule has 0 fully saturated rings. The molecule has 0 spiro atoms. The van der Waals surface area contributed by atoms with Gasteiger partial charge in [0.15, 0.2) is 0 Å². The summed E-state index contributed by atoms with van der Waals surface area (Å²) in [4.78, 5) is 20.7. The molecule has 0 aliphatic heterocycles. The molecule has 0 bridgehead atoms. The van der Waals surface area contributed by atoms with Gasteiger partial charge in [0.05, 0.1) is 11.9 Å². The number of nitrogens with one attached hydrogen (secondary N) is 1. The maximum Gasteiger partial charge on any atom is 0.253 e. The van der Waals surface area contributed by atoms with E-state index in [1.807, 2.05) is 47.2 Å². The van der Waals surface area contributed by atoms with E-state index in [2.05, 4.69) is 43.3 Å². The van der Waals surface area contributed by atoms with Gasteiger partial charge in [0, 0.05) is 42.2 Å². The molecule has 150 valence electrons. The Hall–Kier alpha value is -3.45. The Kier molecular flexibility index (Phi) is 6.20. The van der Waals surface area contributed by atoms with Crippen molar-refractivity contribution in [2.75, 3.05) is 0 Å². The number of nitrogens with zero attached hydrogens (tertiary/aromatic N) is 3. The lowest BCUT2D eigenvalue weighted by Gasteiger charge is -2.09. The maximum atomic E-state index is 12.5. The SMILES string of the molecule is O=C(NCc1cccc(Cn2ccnc2)c1)c1ccc(Oc2cccc(Br)c2)nc1. The average Bonchev–Trinajstić information content (AvgIpc) is 3.26. The number of halogens is 1. The van der Waals surface area contributed by atoms with E-state index in [0.717, 1.165) is 22.1 Å². The normalized spacial score (nSPS) is 10.6. The van der Waals surface area contributed by atoms with Crippen molar-refractivity contribution in [2.45, 2.75) is 13.1 Å². The van der Waals surface area contributed by atoms with Gasteiger partial charge in [-0.2, -0.15) is 0 Å². The fourth-order valence-electron chi connectivity index (χ4n) is 2.94. The number of carbonyl (C=O) groups excluding carboxylic acids is 1. The summed E-state index contributed by atoms with van der Waals surface area (Å²) in [7, 11) is 0. The van der Waals surface area contributed by atoms with E-state index in [-0.39, 0.29) is 5.91 Å². The molecule has 30 heavy (non-hydrogen) atoms. The summed E-state index contributed by atoms with van der Waals surface area (Å²) in [6.07, 6.45) is 6.97. The molecule has 4 rings (SSSR count). The number of hydrogen-bond donors (Lipinski definition) is 1. The zero-order chi connectivity index (χ0) is 20.8. The Labute approximate surface area is 182 Å². The van der Waals surface area contributed by atoms with E-state index in [0.29, 0.717) is 23.7 Å². The molecule has 0 saturated heterocycles. The summed E-state index contributed by atoms with van der Waals surface area (Å²) in [5.74, 6) is 0.915. The molecule has 0 atom stereocenters. The van der Waals surface area contributed by atoms with Gasteiger partial charge in [0.1, 0.15) is 5.75 Å². The smallest absolute Gasteiger partial charge is 0.253 e. The summed E-state index contributed by atoms with van der Waals surface area (Å²) in [5.41, 5.74) is 2.66. The lowest BCUT2D eigenvalue weighted by atomic mass is 10.1. The number of hydrogen-bond acceptors (Lipinski definition) is 4. The van der Waals surface area contributed by atoms with Gasteiger partial charge in [-0.15, -0.1) is 0 Å². The van der Waals surface area contributed by atoms with Crippen molar-refractivity contribution in [3.05, 3.63) is 107 Å². The van der Waals surface area contributed by atoms with Crippen LogP contribution in [-0.2, 0) is 13.1 Å². The largest absolute Gasteiger partial charge is 0.439 e. The minimum Gasteiger partial charge on any atom is -0.439 e. The highest BCUT2D eigenvalue weighted by atomic mass is 79.9. The van der Waals surface area contributed by atoms with Crippen LogP contribution in [0.2, 0.25) is 0 Å². The molecular weight excluding hydrogens is 444 g/mol. The molecule has 0 aliphatic rings. The first-order valence-corrected chi connectivity index (χ1v) is 10.2. The molecule has 2 aromatic carbocycles. The highest BCUT2D eigenvalue weighted by molar-refractivity contribution is 9.10. The monoisotopic (exact) mass is 462 g/mol. The molecular formula is C23H19BrN4O2. The van der Waals surface area contributed by atoms with E-state index in [9.17, 15) is 4.79 Å². The number of rotatable bonds is 7. The predicted octanol–water partition coefficient (Wildman–Crippen LogP) is 4.81. The minimum atomic E-state index is -0.184. The average molecular weight is 463 g/mol. The van der Waals surface area contributed by atoms with Crippen LogP contribution in [0.4, 0.5) is 0 Å². The highest BCUT2D eigenvalue weighted by Crippen LogP contribution is 2.23. The molecule has 0 unspecified atom stereocenters. The first-order chi connectivity index (χ1) is 14.7. The molecule has 0 radical (unpaired) electrons. The van der Waals surface area contributed by atoms with Crippen molar-refractivity contribution in [1.82, 2.24) is 19.9 Å². The lowest BCUT2D eigenvalue weighted by Crippen LogP contribution is -2.23. The van der Waals surface area contributed by atoms with Crippen molar-refractivity contribution in [2.24, 2.45) is 0 Å². The Balaban J connectivity index is 1.34. The third kappa shape index (κ3) is 5.33. The number of benzene rings is 2. The fourth-order valence-corrected chi connectivity index (χ4v) is 3.32. The first kappa shape index (κ1) is 19.8. The van der Waals surface area contributed by atoms with Gasteiger partial charge in [0.25, 0.3) is 5.91 Å². The van der Waals surface area contributed by atoms with Crippen molar-refractivity contribution in [3.63, 3.8) is 0 Å². The molecule has 1 amide bonds. The van der Waals surface area contributed by atoms with Crippen LogP contribution in [0.15, 0.2) is 90.1 Å². The fraction of sp³-hybridized carbons (Fsp3) is 0.0870. The maximum absolute atomic E-state index is 12.5. The molecule has 6 nitrogen and oxygen atoms in total. The van der Waals surface area contributed by atoms with Gasteiger partial charge in [0.2, 0.25) is 5.88 Å². The number of pyridine rings is 1. The second-order valence-corrected chi connectivity index (χ2v) is 7.60. The van der Waals surface area contributed by atoms with Gasteiger partial charge in [-0.25, -0.2) is 9.97 Å². The second-order valence-electron chi connectivity index (χ2n) is 6.68. The molecule has 2 heterocycles. The Morgan fingerprint density at radius 1 is 1.07 bits per heavy atom. The van der Waals surface area contributed by atoms with E-state index < -0.39 is 0 Å². The van der Waals surface area contributed by atoms with Crippen LogP contribution >= 0.6 is 15.9 Å². The van der Waals surface area contributed by atoms with Crippen LogP contribution in [-0.4, -0.2) is 20.4 Å². The molecule has 0 saturated carbocycles. The number of aromatic nitrogens is 3. The van der Waals surface area contributed by atoms with Crippen LogP contribution in [0.25, 0.3) is 0 Å². The van der Waals surface area contributed by atoms with Gasteiger partial charge in [-0.3, -0.25) is 4.79 Å². The molecule has 7 heteroatoms. The summed E-state index contributed by atoms with van der Waals surface area (Å²) < 4.78 is 8.62. The van der Waals surface area contributed by atoms with Gasteiger partial charge in [-0.1, -0.05) is 46.3 Å². The lowest BCUT2D eigenvalue weighted by molar-refractivity contribution is 0.0950. The quantitative estimate of drug-likeness (QED) is 0.427. The van der Waals surface area contributed by atoms with E-state index in [4.69, 9.17) is 4.74 Å². The zero-order valence-corrected chi connectivity index (χ0v) is 17.6. The predicted molar refractivity (Wildman–Crippen MR) is 117 cm³/mol. The molecule has 1 N–H and O–H groups in total. The van der Waals surface area contributed by atoms with Crippen LogP contribution in [0.1, 0.15) is 21.5 Å². The van der Waals surface area contributed by atoms with Gasteiger partial charge < -0.3 is 14.6 Å². The van der Waals surface area contributed by atoms with Crippen LogP contribution < -0.4 is 10.1 Å². The van der Waals surface area contributed by atoms with Crippen LogP contribution in [0.3, 0.4) is 0 Å². The first-order valence-electron chi connectivity index (χ1n) is 9.37. The van der Waals surface area contributed by atoms with Crippen molar-refractivity contribution >= 4 is 21.8 Å². The number of imidazole rings is 1. The second kappa shape index (κ2) is 9.37.